The van der Waals surface area contributed by atoms with Gasteiger partial charge in [0.05, 0.1) is 11.5 Å². The maximum atomic E-state index is 11.4. The Bertz CT molecular complexity index is 529. The SMILES string of the molecule is CN=C(NCCc1cccs1)NC1CCS(=O)(=O)C1.I. The Balaban J connectivity index is 0.00000200. The minimum atomic E-state index is -2.85. The van der Waals surface area contributed by atoms with Crippen molar-refractivity contribution in [3.05, 3.63) is 22.4 Å². The van der Waals surface area contributed by atoms with E-state index in [1.165, 1.54) is 4.88 Å². The molecule has 1 aromatic rings. The highest BCUT2D eigenvalue weighted by Crippen LogP contribution is 2.11. The fourth-order valence-corrected chi connectivity index (χ4v) is 4.44. The topological polar surface area (TPSA) is 70.6 Å². The molecular weight excluding hydrogens is 409 g/mol. The van der Waals surface area contributed by atoms with Gasteiger partial charge in [-0.3, -0.25) is 4.99 Å². The van der Waals surface area contributed by atoms with Gasteiger partial charge in [0.25, 0.3) is 0 Å². The molecule has 1 fully saturated rings. The van der Waals surface area contributed by atoms with Crippen molar-refractivity contribution in [3.8, 4) is 0 Å². The molecule has 114 valence electrons. The molecule has 20 heavy (non-hydrogen) atoms. The molecule has 1 aromatic heterocycles. The highest BCUT2D eigenvalue weighted by molar-refractivity contribution is 14.0. The molecule has 0 radical (unpaired) electrons. The van der Waals surface area contributed by atoms with E-state index in [1.54, 1.807) is 18.4 Å². The Morgan fingerprint density at radius 3 is 2.90 bits per heavy atom. The average Bonchev–Trinajstić information content (AvgIpc) is 2.98. The Hall–Kier alpha value is -0.350. The van der Waals surface area contributed by atoms with Crippen LogP contribution in [0.1, 0.15) is 11.3 Å². The van der Waals surface area contributed by atoms with Crippen LogP contribution < -0.4 is 10.6 Å². The van der Waals surface area contributed by atoms with E-state index in [4.69, 9.17) is 0 Å². The number of nitrogens with zero attached hydrogens (tertiary/aromatic N) is 1. The number of sulfone groups is 1. The first-order chi connectivity index (χ1) is 9.09. The van der Waals surface area contributed by atoms with Gasteiger partial charge in [0.2, 0.25) is 0 Å². The minimum absolute atomic E-state index is 0. The zero-order valence-electron chi connectivity index (χ0n) is 11.3. The van der Waals surface area contributed by atoms with Crippen LogP contribution in [0.5, 0.6) is 0 Å². The summed E-state index contributed by atoms with van der Waals surface area (Å²) < 4.78 is 22.8. The Morgan fingerprint density at radius 1 is 1.55 bits per heavy atom. The molecule has 1 aliphatic rings. The van der Waals surface area contributed by atoms with Gasteiger partial charge in [-0.25, -0.2) is 8.42 Å². The van der Waals surface area contributed by atoms with Gasteiger partial charge in [0, 0.05) is 24.5 Å². The predicted molar refractivity (Wildman–Crippen MR) is 95.0 cm³/mol. The fourth-order valence-electron chi connectivity index (χ4n) is 2.06. The number of hydrogen-bond donors (Lipinski definition) is 2. The van der Waals surface area contributed by atoms with Crippen LogP contribution in [0.4, 0.5) is 0 Å². The molecule has 1 aliphatic heterocycles. The van der Waals surface area contributed by atoms with Crippen LogP contribution in [0.3, 0.4) is 0 Å². The summed E-state index contributed by atoms with van der Waals surface area (Å²) in [6.45, 7) is 0.791. The van der Waals surface area contributed by atoms with Crippen molar-refractivity contribution in [2.24, 2.45) is 4.99 Å². The Labute approximate surface area is 141 Å². The van der Waals surface area contributed by atoms with E-state index in [9.17, 15) is 8.42 Å². The molecule has 0 aromatic carbocycles. The van der Waals surface area contributed by atoms with Gasteiger partial charge in [-0.2, -0.15) is 0 Å². The molecule has 1 unspecified atom stereocenters. The number of guanidine groups is 1. The number of halogens is 1. The zero-order valence-corrected chi connectivity index (χ0v) is 15.3. The van der Waals surface area contributed by atoms with Gasteiger partial charge in [0.1, 0.15) is 0 Å². The normalized spacial score (nSPS) is 21.2. The maximum absolute atomic E-state index is 11.4. The van der Waals surface area contributed by atoms with Crippen molar-refractivity contribution in [3.63, 3.8) is 0 Å². The molecule has 1 saturated heterocycles. The summed E-state index contributed by atoms with van der Waals surface area (Å²) in [5.41, 5.74) is 0. The molecule has 0 aliphatic carbocycles. The van der Waals surface area contributed by atoms with E-state index in [2.05, 4.69) is 27.1 Å². The molecule has 1 atom stereocenters. The lowest BCUT2D eigenvalue weighted by atomic mass is 10.3. The molecule has 2 rings (SSSR count). The number of rotatable bonds is 4. The van der Waals surface area contributed by atoms with Gasteiger partial charge in [-0.05, 0) is 24.3 Å². The number of hydrogen-bond acceptors (Lipinski definition) is 4. The Morgan fingerprint density at radius 2 is 2.35 bits per heavy atom. The molecule has 2 N–H and O–H groups in total. The number of aliphatic imine (C=N–C) groups is 1. The first kappa shape index (κ1) is 17.7. The predicted octanol–water partition coefficient (Wildman–Crippen LogP) is 1.26. The van der Waals surface area contributed by atoms with Crippen molar-refractivity contribution >= 4 is 51.1 Å². The minimum Gasteiger partial charge on any atom is -0.356 e. The second kappa shape index (κ2) is 8.18. The number of thiophene rings is 1. The third kappa shape index (κ3) is 5.57. The van der Waals surface area contributed by atoms with E-state index >= 15 is 0 Å². The van der Waals surface area contributed by atoms with Gasteiger partial charge >= 0.3 is 0 Å². The fraction of sp³-hybridized carbons (Fsp3) is 0.583. The number of nitrogens with one attached hydrogen (secondary N) is 2. The summed E-state index contributed by atoms with van der Waals surface area (Å²) in [5, 5.41) is 8.44. The lowest BCUT2D eigenvalue weighted by Gasteiger charge is -2.15. The van der Waals surface area contributed by atoms with E-state index < -0.39 is 9.84 Å². The van der Waals surface area contributed by atoms with Gasteiger partial charge < -0.3 is 10.6 Å². The smallest absolute Gasteiger partial charge is 0.191 e. The van der Waals surface area contributed by atoms with E-state index in [0.717, 1.165) is 13.0 Å². The third-order valence-corrected chi connectivity index (χ3v) is 5.74. The van der Waals surface area contributed by atoms with Crippen LogP contribution in [0, 0.1) is 0 Å². The van der Waals surface area contributed by atoms with Crippen molar-refractivity contribution in [1.82, 2.24) is 10.6 Å². The molecular formula is C12H20IN3O2S2. The molecule has 0 saturated carbocycles. The van der Waals surface area contributed by atoms with Crippen LogP contribution >= 0.6 is 35.3 Å². The van der Waals surface area contributed by atoms with Crippen LogP contribution in [0.25, 0.3) is 0 Å². The maximum Gasteiger partial charge on any atom is 0.191 e. The monoisotopic (exact) mass is 429 g/mol. The quantitative estimate of drug-likeness (QED) is 0.430. The first-order valence-corrected chi connectivity index (χ1v) is 8.99. The summed E-state index contributed by atoms with van der Waals surface area (Å²) in [5.74, 6) is 1.16. The second-order valence-electron chi connectivity index (χ2n) is 4.57. The standard InChI is InChI=1S/C12H19N3O2S2.HI/c1-13-12(14-6-4-11-3-2-7-18-11)15-10-5-8-19(16,17)9-10;/h2-3,7,10H,4-6,8-9H2,1H3,(H2,13,14,15);1H. The second-order valence-corrected chi connectivity index (χ2v) is 7.83. The molecule has 0 spiro atoms. The largest absolute Gasteiger partial charge is 0.356 e. The van der Waals surface area contributed by atoms with E-state index in [1.807, 2.05) is 6.07 Å². The first-order valence-electron chi connectivity index (χ1n) is 6.29. The summed E-state index contributed by atoms with van der Waals surface area (Å²) in [6.07, 6.45) is 1.61. The van der Waals surface area contributed by atoms with Gasteiger partial charge in [0.15, 0.2) is 15.8 Å². The molecule has 2 heterocycles. The lowest BCUT2D eigenvalue weighted by Crippen LogP contribution is -2.44. The van der Waals surface area contributed by atoms with Crippen LogP contribution in [-0.4, -0.2) is 45.5 Å². The van der Waals surface area contributed by atoms with E-state index in [-0.39, 0.29) is 41.5 Å². The van der Waals surface area contributed by atoms with Crippen LogP contribution in [-0.2, 0) is 16.3 Å². The molecule has 5 nitrogen and oxygen atoms in total. The van der Waals surface area contributed by atoms with Crippen molar-refractivity contribution in [1.29, 1.82) is 0 Å². The summed E-state index contributed by atoms with van der Waals surface area (Å²) in [6, 6.07) is 4.13. The molecule has 0 amide bonds. The summed E-state index contributed by atoms with van der Waals surface area (Å²) in [7, 11) is -1.15. The lowest BCUT2D eigenvalue weighted by molar-refractivity contribution is 0.599. The summed E-state index contributed by atoms with van der Waals surface area (Å²) in [4.78, 5) is 5.45. The molecule has 8 heteroatoms. The highest BCUT2D eigenvalue weighted by Gasteiger charge is 2.28. The highest BCUT2D eigenvalue weighted by atomic mass is 127. The van der Waals surface area contributed by atoms with Crippen molar-refractivity contribution < 1.29 is 8.42 Å². The summed E-state index contributed by atoms with van der Waals surface area (Å²) >= 11 is 1.74. The molecule has 0 bridgehead atoms. The van der Waals surface area contributed by atoms with Crippen LogP contribution in [0.15, 0.2) is 22.5 Å². The average molecular weight is 429 g/mol. The van der Waals surface area contributed by atoms with Crippen molar-refractivity contribution in [2.45, 2.75) is 18.9 Å². The zero-order chi connectivity index (χ0) is 13.7. The van der Waals surface area contributed by atoms with Gasteiger partial charge in [-0.1, -0.05) is 6.07 Å². The van der Waals surface area contributed by atoms with Crippen molar-refractivity contribution in [2.75, 3.05) is 25.1 Å². The van der Waals surface area contributed by atoms with Gasteiger partial charge in [-0.15, -0.1) is 35.3 Å². The third-order valence-electron chi connectivity index (χ3n) is 3.04. The Kier molecular flexibility index (Phi) is 7.24. The van der Waals surface area contributed by atoms with E-state index in [0.29, 0.717) is 12.4 Å². The van der Waals surface area contributed by atoms with Crippen LogP contribution in [0.2, 0.25) is 0 Å².